The Morgan fingerprint density at radius 1 is 0.692 bits per heavy atom. The molecule has 0 bridgehead atoms. The quantitative estimate of drug-likeness (QED) is 0.199. The number of ether oxygens (including phenoxy) is 1. The average Bonchev–Trinajstić information content (AvgIpc) is 2.66. The van der Waals surface area contributed by atoms with Gasteiger partial charge >= 0.3 is 0 Å². The predicted molar refractivity (Wildman–Crippen MR) is 112 cm³/mol. The van der Waals surface area contributed by atoms with Gasteiger partial charge in [-0.3, -0.25) is 4.79 Å². The highest BCUT2D eigenvalue weighted by atomic mass is 16.5. The molecule has 0 unspecified atom stereocenters. The molecule has 0 aliphatic heterocycles. The van der Waals surface area contributed by atoms with Gasteiger partial charge < -0.3 is 4.74 Å². The van der Waals surface area contributed by atoms with E-state index in [2.05, 4.69) is 13.0 Å². The zero-order valence-electron chi connectivity index (χ0n) is 17.0. The molecule has 0 heterocycles. The third-order valence-electron chi connectivity index (χ3n) is 5.20. The van der Waals surface area contributed by atoms with Crippen molar-refractivity contribution in [3.63, 3.8) is 0 Å². The van der Waals surface area contributed by atoms with Crippen molar-refractivity contribution in [2.24, 2.45) is 0 Å². The largest absolute Gasteiger partial charge is 0.428 e. The first-order valence-corrected chi connectivity index (χ1v) is 11.1. The van der Waals surface area contributed by atoms with E-state index in [9.17, 15) is 4.79 Å². The van der Waals surface area contributed by atoms with Crippen LogP contribution in [0.3, 0.4) is 0 Å². The maximum atomic E-state index is 10.5. The van der Waals surface area contributed by atoms with Gasteiger partial charge in [0.25, 0.3) is 6.47 Å². The maximum absolute atomic E-state index is 10.5. The van der Waals surface area contributed by atoms with E-state index in [0.717, 1.165) is 12.0 Å². The zero-order chi connectivity index (χ0) is 18.7. The van der Waals surface area contributed by atoms with Crippen molar-refractivity contribution < 1.29 is 9.53 Å². The summed E-state index contributed by atoms with van der Waals surface area (Å²) in [5.41, 5.74) is 1.15. The fraction of sp³-hybridized carbons (Fsp3) is 0.708. The number of unbranched alkanes of at least 4 members (excludes halogenated alkanes) is 14. The number of benzene rings is 1. The molecule has 0 aliphatic carbocycles. The van der Waals surface area contributed by atoms with E-state index in [4.69, 9.17) is 4.74 Å². The lowest BCUT2D eigenvalue weighted by Gasteiger charge is -2.07. The summed E-state index contributed by atoms with van der Waals surface area (Å²) in [6, 6.07) is 7.85. The van der Waals surface area contributed by atoms with Crippen LogP contribution in [0, 0.1) is 0 Å². The van der Waals surface area contributed by atoms with E-state index in [-0.39, 0.29) is 0 Å². The molecule has 0 spiro atoms. The molecule has 0 N–H and O–H groups in total. The lowest BCUT2D eigenvalue weighted by atomic mass is 10.0. The topological polar surface area (TPSA) is 26.3 Å². The Bertz CT molecular complexity index is 442. The first kappa shape index (κ1) is 22.7. The Kier molecular flexibility index (Phi) is 15.0. The Balaban J connectivity index is 1.86. The van der Waals surface area contributed by atoms with Crippen molar-refractivity contribution in [2.45, 2.75) is 110 Å². The molecule has 0 saturated carbocycles. The molecule has 1 rings (SSSR count). The summed E-state index contributed by atoms with van der Waals surface area (Å²) in [6.45, 7) is 2.80. The van der Waals surface area contributed by atoms with Crippen molar-refractivity contribution in [3.05, 3.63) is 29.8 Å². The predicted octanol–water partition coefficient (Wildman–Crippen LogP) is 7.64. The van der Waals surface area contributed by atoms with Gasteiger partial charge in [-0.15, -0.1) is 0 Å². The van der Waals surface area contributed by atoms with E-state index in [1.165, 1.54) is 96.3 Å². The highest BCUT2D eigenvalue weighted by Crippen LogP contribution is 2.20. The van der Waals surface area contributed by atoms with E-state index in [1.807, 2.05) is 18.2 Å². The summed E-state index contributed by atoms with van der Waals surface area (Å²) in [4.78, 5) is 10.5. The van der Waals surface area contributed by atoms with Crippen LogP contribution in [0.5, 0.6) is 5.75 Å². The minimum atomic E-state index is 0.519. The minimum absolute atomic E-state index is 0.519. The number of carbonyl (C=O) groups is 1. The first-order chi connectivity index (χ1) is 12.9. The van der Waals surface area contributed by atoms with E-state index in [1.54, 1.807) is 0 Å². The van der Waals surface area contributed by atoms with Crippen LogP contribution in [0.1, 0.15) is 109 Å². The molecule has 2 heteroatoms. The number of rotatable bonds is 18. The summed E-state index contributed by atoms with van der Waals surface area (Å²) in [6.07, 6.45) is 21.8. The van der Waals surface area contributed by atoms with Crippen LogP contribution in [0.2, 0.25) is 0 Å². The van der Waals surface area contributed by atoms with Crippen LogP contribution in [0.25, 0.3) is 0 Å². The lowest BCUT2D eigenvalue weighted by Crippen LogP contribution is -1.95. The van der Waals surface area contributed by atoms with Crippen molar-refractivity contribution >= 4 is 6.47 Å². The second-order valence-corrected chi connectivity index (χ2v) is 7.52. The van der Waals surface area contributed by atoms with E-state index >= 15 is 0 Å². The van der Waals surface area contributed by atoms with E-state index in [0.29, 0.717) is 12.2 Å². The molecule has 0 radical (unpaired) electrons. The smallest absolute Gasteiger partial charge is 0.298 e. The van der Waals surface area contributed by atoms with Gasteiger partial charge in [-0.1, -0.05) is 115 Å². The van der Waals surface area contributed by atoms with Crippen LogP contribution in [-0.2, 0) is 11.2 Å². The monoisotopic (exact) mass is 360 g/mol. The third-order valence-corrected chi connectivity index (χ3v) is 5.20. The molecule has 0 saturated heterocycles. The molecular weight excluding hydrogens is 320 g/mol. The Hall–Kier alpha value is -1.31. The van der Waals surface area contributed by atoms with Gasteiger partial charge in [0, 0.05) is 0 Å². The van der Waals surface area contributed by atoms with Gasteiger partial charge in [-0.25, -0.2) is 0 Å². The van der Waals surface area contributed by atoms with Crippen LogP contribution in [0.4, 0.5) is 0 Å². The summed E-state index contributed by atoms with van der Waals surface area (Å²) in [7, 11) is 0. The summed E-state index contributed by atoms with van der Waals surface area (Å²) >= 11 is 0. The molecule has 0 fully saturated rings. The van der Waals surface area contributed by atoms with Gasteiger partial charge in [-0.05, 0) is 24.5 Å². The molecule has 0 amide bonds. The van der Waals surface area contributed by atoms with E-state index < -0.39 is 0 Å². The first-order valence-electron chi connectivity index (χ1n) is 11.1. The highest BCUT2D eigenvalue weighted by Gasteiger charge is 2.02. The van der Waals surface area contributed by atoms with Crippen LogP contribution < -0.4 is 4.74 Å². The second kappa shape index (κ2) is 17.1. The minimum Gasteiger partial charge on any atom is -0.428 e. The van der Waals surface area contributed by atoms with Crippen molar-refractivity contribution in [3.8, 4) is 5.75 Å². The van der Waals surface area contributed by atoms with Gasteiger partial charge in [0.1, 0.15) is 5.75 Å². The number of hydrogen-bond donors (Lipinski definition) is 0. The zero-order valence-corrected chi connectivity index (χ0v) is 17.0. The van der Waals surface area contributed by atoms with Gasteiger partial charge in [0.15, 0.2) is 0 Å². The normalized spacial score (nSPS) is 10.8. The Morgan fingerprint density at radius 3 is 1.65 bits per heavy atom. The molecule has 26 heavy (non-hydrogen) atoms. The summed E-state index contributed by atoms with van der Waals surface area (Å²) < 4.78 is 5.03. The van der Waals surface area contributed by atoms with Gasteiger partial charge in [-0.2, -0.15) is 0 Å². The molecule has 148 valence electrons. The highest BCUT2D eigenvalue weighted by molar-refractivity contribution is 5.47. The van der Waals surface area contributed by atoms with Crippen LogP contribution in [0.15, 0.2) is 24.3 Å². The van der Waals surface area contributed by atoms with Crippen LogP contribution in [-0.4, -0.2) is 6.47 Å². The molecule has 1 aromatic rings. The lowest BCUT2D eigenvalue weighted by molar-refractivity contribution is -0.120. The fourth-order valence-electron chi connectivity index (χ4n) is 3.56. The summed E-state index contributed by atoms with van der Waals surface area (Å²) in [5, 5.41) is 0. The number of hydrogen-bond acceptors (Lipinski definition) is 2. The molecule has 0 aromatic heterocycles. The Morgan fingerprint density at radius 2 is 1.15 bits per heavy atom. The van der Waals surface area contributed by atoms with Crippen LogP contribution >= 0.6 is 0 Å². The Labute approximate surface area is 161 Å². The molecular formula is C24H40O2. The number of aryl methyl sites for hydroxylation is 1. The van der Waals surface area contributed by atoms with Gasteiger partial charge in [0.2, 0.25) is 0 Å². The summed E-state index contributed by atoms with van der Waals surface area (Å²) in [5.74, 6) is 0.716. The maximum Gasteiger partial charge on any atom is 0.298 e. The number of para-hydroxylation sites is 1. The third kappa shape index (κ3) is 12.1. The standard InChI is InChI=1S/C24H40O2/c1-2-3-4-5-6-7-8-9-10-11-12-13-14-15-16-19-23-20-17-18-21-24(23)26-22-25/h17-18,20-22H,2-16,19H2,1H3. The van der Waals surface area contributed by atoms with Gasteiger partial charge in [0.05, 0.1) is 0 Å². The SMILES string of the molecule is CCCCCCCCCCCCCCCCCc1ccccc1OC=O. The van der Waals surface area contributed by atoms with Crippen molar-refractivity contribution in [2.75, 3.05) is 0 Å². The number of carbonyl (C=O) groups excluding carboxylic acids is 1. The van der Waals surface area contributed by atoms with Crippen molar-refractivity contribution in [1.82, 2.24) is 0 Å². The average molecular weight is 361 g/mol. The molecule has 0 atom stereocenters. The second-order valence-electron chi connectivity index (χ2n) is 7.52. The molecule has 0 aliphatic rings. The van der Waals surface area contributed by atoms with Crippen molar-refractivity contribution in [1.29, 1.82) is 0 Å². The fourth-order valence-corrected chi connectivity index (χ4v) is 3.56. The molecule has 2 nitrogen and oxygen atoms in total. The molecule has 1 aromatic carbocycles.